The Kier molecular flexibility index (Phi) is 4.96. The maximum Gasteiger partial charge on any atom is 0.405 e. The molecule has 0 aromatic carbocycles. The summed E-state index contributed by atoms with van der Waals surface area (Å²) < 4.78 is 41.4. The van der Waals surface area contributed by atoms with Gasteiger partial charge in [-0.2, -0.15) is 13.2 Å². The van der Waals surface area contributed by atoms with Crippen LogP contribution in [-0.2, 0) is 0 Å². The third-order valence-electron chi connectivity index (χ3n) is 5.39. The standard InChI is InChI=1S/C17H25F3N4O/c1-16(5-6-16)24-15(17(18,19)20)13(10-23-24)14(25)12(9-21-2)11-4-3-7-22-8-11/h3-4,7,9,11,13-15,21,23,25H,5-6,8,10H2,1-2H3/b12-9-. The van der Waals surface area contributed by atoms with Crippen LogP contribution in [0.5, 0.6) is 0 Å². The maximum atomic E-state index is 13.8. The number of aliphatic hydroxyl groups is 1. The van der Waals surface area contributed by atoms with Crippen LogP contribution in [0.4, 0.5) is 13.2 Å². The largest absolute Gasteiger partial charge is 0.405 e. The molecule has 3 rings (SSSR count). The van der Waals surface area contributed by atoms with E-state index in [4.69, 9.17) is 0 Å². The molecule has 0 aromatic rings. The topological polar surface area (TPSA) is 59.9 Å². The van der Waals surface area contributed by atoms with E-state index in [1.807, 2.05) is 13.0 Å². The number of hydrogen-bond acceptors (Lipinski definition) is 5. The summed E-state index contributed by atoms with van der Waals surface area (Å²) in [6.45, 7) is 2.36. The molecule has 3 N–H and O–H groups in total. The van der Waals surface area contributed by atoms with Gasteiger partial charge in [0.2, 0.25) is 0 Å². The molecule has 4 atom stereocenters. The molecule has 25 heavy (non-hydrogen) atoms. The number of alkyl halides is 3. The molecular weight excluding hydrogens is 333 g/mol. The number of hydrazine groups is 1. The molecule has 2 aliphatic heterocycles. The highest BCUT2D eigenvalue weighted by atomic mass is 19.4. The van der Waals surface area contributed by atoms with E-state index in [9.17, 15) is 18.3 Å². The molecule has 1 saturated heterocycles. The van der Waals surface area contributed by atoms with Crippen molar-refractivity contribution in [2.75, 3.05) is 20.1 Å². The molecule has 0 aromatic heterocycles. The van der Waals surface area contributed by atoms with E-state index in [-0.39, 0.29) is 12.5 Å². The van der Waals surface area contributed by atoms with E-state index >= 15 is 0 Å². The Balaban J connectivity index is 1.86. The zero-order valence-corrected chi connectivity index (χ0v) is 14.4. The lowest BCUT2D eigenvalue weighted by molar-refractivity contribution is -0.202. The Hall–Kier alpha value is -1.38. The molecule has 8 heteroatoms. The number of nitrogens with one attached hydrogen (secondary N) is 2. The fraction of sp³-hybridized carbons (Fsp3) is 0.706. The smallest absolute Gasteiger partial charge is 0.394 e. The van der Waals surface area contributed by atoms with Gasteiger partial charge in [-0.25, -0.2) is 5.01 Å². The van der Waals surface area contributed by atoms with Gasteiger partial charge in [-0.3, -0.25) is 10.4 Å². The molecule has 3 aliphatic rings. The number of aliphatic imine (C=N–C) groups is 1. The van der Waals surface area contributed by atoms with Crippen LogP contribution in [0.15, 0.2) is 28.9 Å². The average Bonchev–Trinajstić information content (AvgIpc) is 3.14. The van der Waals surface area contributed by atoms with Gasteiger partial charge >= 0.3 is 6.18 Å². The molecule has 0 bridgehead atoms. The van der Waals surface area contributed by atoms with Crippen molar-refractivity contribution in [3.63, 3.8) is 0 Å². The Morgan fingerprint density at radius 3 is 2.72 bits per heavy atom. The Labute approximate surface area is 145 Å². The maximum absolute atomic E-state index is 13.8. The molecule has 1 aliphatic carbocycles. The van der Waals surface area contributed by atoms with Gasteiger partial charge < -0.3 is 10.4 Å². The molecule has 0 amide bonds. The van der Waals surface area contributed by atoms with E-state index in [0.717, 1.165) is 12.8 Å². The number of rotatable bonds is 5. The van der Waals surface area contributed by atoms with Crippen LogP contribution in [0, 0.1) is 11.8 Å². The van der Waals surface area contributed by atoms with Gasteiger partial charge in [-0.15, -0.1) is 0 Å². The van der Waals surface area contributed by atoms with E-state index < -0.39 is 29.8 Å². The van der Waals surface area contributed by atoms with Crippen molar-refractivity contribution in [1.29, 1.82) is 0 Å². The van der Waals surface area contributed by atoms with Crippen molar-refractivity contribution >= 4 is 6.21 Å². The van der Waals surface area contributed by atoms with E-state index in [1.165, 1.54) is 5.01 Å². The number of halogens is 3. The summed E-state index contributed by atoms with van der Waals surface area (Å²) in [6, 6.07) is -1.70. The van der Waals surface area contributed by atoms with Gasteiger partial charge in [0.05, 0.1) is 6.10 Å². The highest BCUT2D eigenvalue weighted by Gasteiger charge is 2.61. The minimum Gasteiger partial charge on any atom is -0.394 e. The molecule has 0 spiro atoms. The minimum atomic E-state index is -4.41. The van der Waals surface area contributed by atoms with Gasteiger partial charge in [0, 0.05) is 43.7 Å². The summed E-state index contributed by atoms with van der Waals surface area (Å²) in [4.78, 5) is 4.16. The lowest BCUT2D eigenvalue weighted by atomic mass is 9.83. The number of aliphatic hydroxyl groups excluding tert-OH is 1. The summed E-state index contributed by atoms with van der Waals surface area (Å²) in [5, 5.41) is 15.0. The van der Waals surface area contributed by atoms with Crippen molar-refractivity contribution in [2.24, 2.45) is 16.8 Å². The molecule has 2 fully saturated rings. The zero-order valence-electron chi connectivity index (χ0n) is 14.4. The third-order valence-corrected chi connectivity index (χ3v) is 5.39. The molecule has 0 radical (unpaired) electrons. The second-order valence-corrected chi connectivity index (χ2v) is 7.26. The van der Waals surface area contributed by atoms with Gasteiger partial charge in [-0.05, 0) is 37.6 Å². The van der Waals surface area contributed by atoms with E-state index in [0.29, 0.717) is 12.1 Å². The first-order chi connectivity index (χ1) is 11.8. The predicted molar refractivity (Wildman–Crippen MR) is 90.0 cm³/mol. The quantitative estimate of drug-likeness (QED) is 0.699. The first-order valence-corrected chi connectivity index (χ1v) is 8.59. The van der Waals surface area contributed by atoms with E-state index in [2.05, 4.69) is 15.7 Å². The second kappa shape index (κ2) is 6.74. The highest BCUT2D eigenvalue weighted by Crippen LogP contribution is 2.48. The van der Waals surface area contributed by atoms with Crippen molar-refractivity contribution in [3.8, 4) is 0 Å². The Bertz CT molecular complexity index is 583. The first kappa shape index (κ1) is 18.4. The predicted octanol–water partition coefficient (Wildman–Crippen LogP) is 1.63. The molecule has 140 valence electrons. The van der Waals surface area contributed by atoms with Crippen LogP contribution >= 0.6 is 0 Å². The van der Waals surface area contributed by atoms with Crippen LogP contribution in [0.3, 0.4) is 0 Å². The second-order valence-electron chi connectivity index (χ2n) is 7.26. The molecular formula is C17H25F3N4O. The lowest BCUT2D eigenvalue weighted by Gasteiger charge is -2.36. The van der Waals surface area contributed by atoms with Crippen molar-refractivity contribution in [1.82, 2.24) is 15.8 Å². The van der Waals surface area contributed by atoms with Gasteiger partial charge in [0.1, 0.15) is 6.04 Å². The SMILES string of the molecule is CN/C=C(/C1C=CC=NC1)C(O)C1CNN(C2(C)CC2)C1C(F)(F)F. The summed E-state index contributed by atoms with van der Waals surface area (Å²) in [6.07, 6.45) is 2.73. The first-order valence-electron chi connectivity index (χ1n) is 8.59. The third kappa shape index (κ3) is 3.61. The summed E-state index contributed by atoms with van der Waals surface area (Å²) in [5.74, 6) is -1.16. The molecule has 1 saturated carbocycles. The lowest BCUT2D eigenvalue weighted by Crippen LogP contribution is -2.54. The van der Waals surface area contributed by atoms with Crippen LogP contribution in [0.2, 0.25) is 0 Å². The van der Waals surface area contributed by atoms with Gasteiger partial charge in [0.15, 0.2) is 0 Å². The van der Waals surface area contributed by atoms with Crippen molar-refractivity contribution in [2.45, 2.75) is 43.6 Å². The van der Waals surface area contributed by atoms with Crippen molar-refractivity contribution < 1.29 is 18.3 Å². The van der Waals surface area contributed by atoms with Crippen LogP contribution < -0.4 is 10.7 Å². The fourth-order valence-corrected chi connectivity index (χ4v) is 3.75. The van der Waals surface area contributed by atoms with Crippen LogP contribution in [0.1, 0.15) is 19.8 Å². The molecule has 5 nitrogen and oxygen atoms in total. The summed E-state index contributed by atoms with van der Waals surface area (Å²) in [5.41, 5.74) is 2.97. The highest BCUT2D eigenvalue weighted by molar-refractivity contribution is 5.72. The average molecular weight is 358 g/mol. The van der Waals surface area contributed by atoms with Crippen molar-refractivity contribution in [3.05, 3.63) is 23.9 Å². The van der Waals surface area contributed by atoms with Crippen LogP contribution in [-0.4, -0.2) is 60.3 Å². The van der Waals surface area contributed by atoms with Gasteiger partial charge in [0.25, 0.3) is 0 Å². The normalized spacial score (nSPS) is 33.5. The van der Waals surface area contributed by atoms with Gasteiger partial charge in [-0.1, -0.05) is 6.08 Å². The minimum absolute atomic E-state index is 0.0989. The summed E-state index contributed by atoms with van der Waals surface area (Å²) >= 11 is 0. The number of allylic oxidation sites excluding steroid dienone is 1. The number of nitrogens with zero attached hydrogens (tertiary/aromatic N) is 2. The fourth-order valence-electron chi connectivity index (χ4n) is 3.75. The Morgan fingerprint density at radius 2 is 2.20 bits per heavy atom. The molecule has 2 heterocycles. The Morgan fingerprint density at radius 1 is 1.48 bits per heavy atom. The van der Waals surface area contributed by atoms with E-state index in [1.54, 1.807) is 25.5 Å². The molecule has 4 unspecified atom stereocenters. The summed E-state index contributed by atoms with van der Waals surface area (Å²) in [7, 11) is 1.67. The monoisotopic (exact) mass is 358 g/mol. The number of dihydropyridines is 1. The van der Waals surface area contributed by atoms with Crippen LogP contribution in [0.25, 0.3) is 0 Å². The zero-order chi connectivity index (χ0) is 18.2. The number of hydrogen-bond donors (Lipinski definition) is 3.